The molecule has 1 aliphatic rings. The zero-order valence-corrected chi connectivity index (χ0v) is 14.2. The van der Waals surface area contributed by atoms with Gasteiger partial charge in [-0.05, 0) is 49.4 Å². The van der Waals surface area contributed by atoms with Crippen molar-refractivity contribution >= 4 is 0 Å². The molecule has 2 aromatic rings. The third-order valence-electron chi connectivity index (χ3n) is 4.89. The molecule has 1 unspecified atom stereocenters. The van der Waals surface area contributed by atoms with E-state index in [9.17, 15) is 0 Å². The highest BCUT2D eigenvalue weighted by Crippen LogP contribution is 2.15. The molecule has 0 saturated carbocycles. The number of nitrogens with zero attached hydrogens (tertiary/aromatic N) is 1. The lowest BCUT2D eigenvalue weighted by Crippen LogP contribution is -2.49. The van der Waals surface area contributed by atoms with E-state index in [1.165, 1.54) is 42.5 Å². The van der Waals surface area contributed by atoms with Crippen molar-refractivity contribution in [1.82, 2.24) is 10.2 Å². The Morgan fingerprint density at radius 2 is 1.78 bits per heavy atom. The third-order valence-corrected chi connectivity index (χ3v) is 4.89. The summed E-state index contributed by atoms with van der Waals surface area (Å²) in [6.45, 7) is 3.45. The summed E-state index contributed by atoms with van der Waals surface area (Å²) in [7, 11) is 2.26. The molecule has 0 radical (unpaired) electrons. The summed E-state index contributed by atoms with van der Waals surface area (Å²) in [5.74, 6) is 0. The molecule has 2 heteroatoms. The Balaban J connectivity index is 1.51. The van der Waals surface area contributed by atoms with E-state index < -0.39 is 0 Å². The second kappa shape index (κ2) is 8.28. The lowest BCUT2D eigenvalue weighted by Gasteiger charge is -2.33. The predicted molar refractivity (Wildman–Crippen MR) is 97.9 cm³/mol. The molecule has 23 heavy (non-hydrogen) atoms. The van der Waals surface area contributed by atoms with Gasteiger partial charge in [0.25, 0.3) is 0 Å². The highest BCUT2D eigenvalue weighted by molar-refractivity contribution is 5.29. The molecule has 0 amide bonds. The Labute approximate surface area is 140 Å². The molecular weight excluding hydrogens is 280 g/mol. The van der Waals surface area contributed by atoms with Crippen molar-refractivity contribution in [2.24, 2.45) is 0 Å². The lowest BCUT2D eigenvalue weighted by atomic mass is 9.99. The van der Waals surface area contributed by atoms with Gasteiger partial charge in [-0.1, -0.05) is 54.6 Å². The van der Waals surface area contributed by atoms with E-state index in [4.69, 9.17) is 0 Å². The number of benzene rings is 2. The molecule has 1 N–H and O–H groups in total. The van der Waals surface area contributed by atoms with Gasteiger partial charge in [0.1, 0.15) is 0 Å². The second-order valence-electron chi connectivity index (χ2n) is 6.71. The number of hydrogen-bond donors (Lipinski definition) is 1. The quantitative estimate of drug-likeness (QED) is 0.878. The minimum Gasteiger partial charge on any atom is -0.314 e. The molecule has 122 valence electrons. The van der Waals surface area contributed by atoms with Gasteiger partial charge in [0.05, 0.1) is 0 Å². The first-order chi connectivity index (χ1) is 11.3. The first-order valence-electron chi connectivity index (χ1n) is 8.84. The van der Waals surface area contributed by atoms with E-state index in [1.54, 1.807) is 0 Å². The van der Waals surface area contributed by atoms with Gasteiger partial charge in [-0.3, -0.25) is 0 Å². The summed E-state index contributed by atoms with van der Waals surface area (Å²) < 4.78 is 0. The summed E-state index contributed by atoms with van der Waals surface area (Å²) in [5.41, 5.74) is 4.29. The SMILES string of the molecule is CN1CCNCC1CCCc1cccc(Cc2ccccc2)c1. The monoisotopic (exact) mass is 308 g/mol. The third kappa shape index (κ3) is 4.92. The topological polar surface area (TPSA) is 15.3 Å². The molecule has 1 aliphatic heterocycles. The fourth-order valence-electron chi connectivity index (χ4n) is 3.45. The lowest BCUT2D eigenvalue weighted by molar-refractivity contribution is 0.188. The summed E-state index contributed by atoms with van der Waals surface area (Å²) >= 11 is 0. The van der Waals surface area contributed by atoms with Crippen molar-refractivity contribution in [1.29, 1.82) is 0 Å². The molecule has 0 spiro atoms. The summed E-state index contributed by atoms with van der Waals surface area (Å²) in [5, 5.41) is 3.51. The van der Waals surface area contributed by atoms with Crippen molar-refractivity contribution in [2.45, 2.75) is 31.7 Å². The van der Waals surface area contributed by atoms with Gasteiger partial charge in [-0.25, -0.2) is 0 Å². The Morgan fingerprint density at radius 1 is 1.00 bits per heavy atom. The first-order valence-corrected chi connectivity index (χ1v) is 8.84. The summed E-state index contributed by atoms with van der Waals surface area (Å²) in [6.07, 6.45) is 4.77. The molecule has 1 heterocycles. The molecule has 0 bridgehead atoms. The van der Waals surface area contributed by atoms with E-state index in [2.05, 4.69) is 71.9 Å². The van der Waals surface area contributed by atoms with Crippen LogP contribution < -0.4 is 5.32 Å². The number of likely N-dealkylation sites (N-methyl/N-ethyl adjacent to an activating group) is 1. The molecule has 2 nitrogen and oxygen atoms in total. The Hall–Kier alpha value is -1.64. The molecule has 0 aromatic heterocycles. The van der Waals surface area contributed by atoms with Gasteiger partial charge < -0.3 is 10.2 Å². The number of nitrogens with one attached hydrogen (secondary N) is 1. The number of hydrogen-bond acceptors (Lipinski definition) is 2. The second-order valence-corrected chi connectivity index (χ2v) is 6.71. The Kier molecular flexibility index (Phi) is 5.84. The van der Waals surface area contributed by atoms with Gasteiger partial charge in [0.2, 0.25) is 0 Å². The van der Waals surface area contributed by atoms with Gasteiger partial charge in [-0.15, -0.1) is 0 Å². The van der Waals surface area contributed by atoms with E-state index in [0.717, 1.165) is 19.5 Å². The van der Waals surface area contributed by atoms with Crippen LogP contribution >= 0.6 is 0 Å². The van der Waals surface area contributed by atoms with Gasteiger partial charge in [0.15, 0.2) is 0 Å². The zero-order chi connectivity index (χ0) is 15.9. The van der Waals surface area contributed by atoms with Crippen LogP contribution in [0.25, 0.3) is 0 Å². The molecule has 3 rings (SSSR count). The average Bonchev–Trinajstić information content (AvgIpc) is 2.58. The maximum absolute atomic E-state index is 3.51. The maximum atomic E-state index is 3.51. The van der Waals surface area contributed by atoms with Crippen LogP contribution in [0.2, 0.25) is 0 Å². The van der Waals surface area contributed by atoms with Gasteiger partial charge in [0, 0.05) is 25.7 Å². The standard InChI is InChI=1S/C21H28N2/c1-23-14-13-22-17-21(23)12-6-10-19-9-5-11-20(16-19)15-18-7-3-2-4-8-18/h2-5,7-9,11,16,21-22H,6,10,12-15,17H2,1H3. The van der Waals surface area contributed by atoms with Crippen molar-refractivity contribution in [3.8, 4) is 0 Å². The zero-order valence-electron chi connectivity index (χ0n) is 14.2. The normalized spacial score (nSPS) is 18.9. The highest BCUT2D eigenvalue weighted by atomic mass is 15.2. The van der Waals surface area contributed by atoms with Crippen LogP contribution in [-0.4, -0.2) is 37.6 Å². The summed E-state index contributed by atoms with van der Waals surface area (Å²) in [4.78, 5) is 2.50. The van der Waals surface area contributed by atoms with Crippen molar-refractivity contribution in [3.05, 3.63) is 71.3 Å². The smallest absolute Gasteiger partial charge is 0.0218 e. The molecule has 0 aliphatic carbocycles. The molecular formula is C21H28N2. The van der Waals surface area contributed by atoms with E-state index in [-0.39, 0.29) is 0 Å². The van der Waals surface area contributed by atoms with E-state index >= 15 is 0 Å². The van der Waals surface area contributed by atoms with Gasteiger partial charge in [-0.2, -0.15) is 0 Å². The Morgan fingerprint density at radius 3 is 2.61 bits per heavy atom. The average molecular weight is 308 g/mol. The summed E-state index contributed by atoms with van der Waals surface area (Å²) in [6, 6.07) is 20.6. The highest BCUT2D eigenvalue weighted by Gasteiger charge is 2.17. The van der Waals surface area contributed by atoms with Crippen molar-refractivity contribution in [3.63, 3.8) is 0 Å². The molecule has 1 saturated heterocycles. The number of piperazine rings is 1. The fourth-order valence-corrected chi connectivity index (χ4v) is 3.45. The maximum Gasteiger partial charge on any atom is 0.0218 e. The van der Waals surface area contributed by atoms with E-state index in [1.807, 2.05) is 0 Å². The molecule has 1 fully saturated rings. The largest absolute Gasteiger partial charge is 0.314 e. The van der Waals surface area contributed by atoms with Crippen LogP contribution in [0, 0.1) is 0 Å². The van der Waals surface area contributed by atoms with Gasteiger partial charge >= 0.3 is 0 Å². The van der Waals surface area contributed by atoms with E-state index in [0.29, 0.717) is 6.04 Å². The molecule has 2 aromatic carbocycles. The van der Waals surface area contributed by atoms with Crippen molar-refractivity contribution in [2.75, 3.05) is 26.7 Å². The Bertz CT molecular complexity index is 594. The number of rotatable bonds is 6. The van der Waals surface area contributed by atoms with Crippen LogP contribution in [0.4, 0.5) is 0 Å². The van der Waals surface area contributed by atoms with Crippen LogP contribution in [0.5, 0.6) is 0 Å². The first kappa shape index (κ1) is 16.2. The van der Waals surface area contributed by atoms with Crippen molar-refractivity contribution < 1.29 is 0 Å². The predicted octanol–water partition coefficient (Wildman–Crippen LogP) is 3.50. The number of aryl methyl sites for hydroxylation is 1. The van der Waals surface area contributed by atoms with Crippen LogP contribution in [0.15, 0.2) is 54.6 Å². The van der Waals surface area contributed by atoms with Crippen LogP contribution in [-0.2, 0) is 12.8 Å². The fraction of sp³-hybridized carbons (Fsp3) is 0.429. The van der Waals surface area contributed by atoms with Crippen LogP contribution in [0.3, 0.4) is 0 Å². The molecule has 1 atom stereocenters. The minimum atomic E-state index is 0.705. The van der Waals surface area contributed by atoms with Crippen LogP contribution in [0.1, 0.15) is 29.5 Å². The minimum absolute atomic E-state index is 0.705.